The molecule has 1 aromatic rings. The highest BCUT2D eigenvalue weighted by Crippen LogP contribution is 2.13. The first-order chi connectivity index (χ1) is 11.7. The second kappa shape index (κ2) is 12.4. The molecule has 2 rings (SSSR count). The van der Waals surface area contributed by atoms with E-state index in [0.29, 0.717) is 6.10 Å². The average molecular weight is 460 g/mol. The molecule has 0 amide bonds. The van der Waals surface area contributed by atoms with E-state index in [4.69, 9.17) is 4.74 Å². The van der Waals surface area contributed by atoms with Gasteiger partial charge in [0, 0.05) is 39.5 Å². The normalized spacial score (nSPS) is 17.1. The number of nitrogens with one attached hydrogen (secondary N) is 2. The summed E-state index contributed by atoms with van der Waals surface area (Å²) in [6, 6.07) is 8.78. The molecule has 0 aliphatic carbocycles. The first-order valence-corrected chi connectivity index (χ1v) is 9.09. The van der Waals surface area contributed by atoms with Crippen LogP contribution in [0.3, 0.4) is 0 Å². The van der Waals surface area contributed by atoms with Crippen LogP contribution in [-0.4, -0.2) is 52.4 Å². The number of aliphatic imine (C=N–C) groups is 1. The van der Waals surface area contributed by atoms with Gasteiger partial charge in [-0.1, -0.05) is 12.1 Å². The van der Waals surface area contributed by atoms with Gasteiger partial charge in [-0.2, -0.15) is 0 Å². The van der Waals surface area contributed by atoms with Crippen LogP contribution in [0.5, 0.6) is 0 Å². The minimum atomic E-state index is 0. The number of halogens is 1. The summed E-state index contributed by atoms with van der Waals surface area (Å²) in [4.78, 5) is 6.76. The van der Waals surface area contributed by atoms with Gasteiger partial charge in [0.1, 0.15) is 0 Å². The van der Waals surface area contributed by atoms with Crippen molar-refractivity contribution < 1.29 is 4.74 Å². The van der Waals surface area contributed by atoms with Crippen LogP contribution in [0, 0.1) is 0 Å². The Morgan fingerprint density at radius 3 is 2.60 bits per heavy atom. The summed E-state index contributed by atoms with van der Waals surface area (Å²) in [5.41, 5.74) is 2.62. The van der Waals surface area contributed by atoms with Gasteiger partial charge in [-0.05, 0) is 50.3 Å². The van der Waals surface area contributed by atoms with E-state index in [1.165, 1.54) is 11.3 Å². The fourth-order valence-corrected chi connectivity index (χ4v) is 2.78. The molecule has 0 radical (unpaired) electrons. The molecule has 2 N–H and O–H groups in total. The molecule has 0 saturated carbocycles. The maximum atomic E-state index is 5.63. The lowest BCUT2D eigenvalue weighted by atomic mass is 10.1. The molecule has 1 aromatic carbocycles. The maximum Gasteiger partial charge on any atom is 0.191 e. The highest BCUT2D eigenvalue weighted by atomic mass is 127. The van der Waals surface area contributed by atoms with Gasteiger partial charge in [0.25, 0.3) is 0 Å². The fourth-order valence-electron chi connectivity index (χ4n) is 2.78. The third kappa shape index (κ3) is 8.27. The predicted octanol–water partition coefficient (Wildman–Crippen LogP) is 3.04. The molecule has 0 aromatic heterocycles. The Labute approximate surface area is 169 Å². The van der Waals surface area contributed by atoms with Gasteiger partial charge < -0.3 is 20.3 Å². The van der Waals surface area contributed by atoms with Crippen molar-refractivity contribution in [3.63, 3.8) is 0 Å². The van der Waals surface area contributed by atoms with Crippen molar-refractivity contribution in [1.82, 2.24) is 10.6 Å². The van der Waals surface area contributed by atoms with Gasteiger partial charge in [-0.15, -0.1) is 24.0 Å². The van der Waals surface area contributed by atoms with E-state index in [1.54, 1.807) is 0 Å². The number of benzene rings is 1. The smallest absolute Gasteiger partial charge is 0.191 e. The van der Waals surface area contributed by atoms with E-state index in [1.807, 2.05) is 0 Å². The molecule has 5 nitrogen and oxygen atoms in total. The first-order valence-electron chi connectivity index (χ1n) is 9.09. The maximum absolute atomic E-state index is 5.63. The van der Waals surface area contributed by atoms with Crippen molar-refractivity contribution in [3.05, 3.63) is 29.8 Å². The van der Waals surface area contributed by atoms with Gasteiger partial charge in [0.2, 0.25) is 0 Å². The quantitative estimate of drug-likeness (QED) is 0.271. The number of aryl methyl sites for hydroxylation is 1. The van der Waals surface area contributed by atoms with Crippen molar-refractivity contribution in [2.45, 2.75) is 38.7 Å². The standard InChI is InChI=1S/C19H32N4O.HI/c1-4-20-19(22-15-18-8-6-14-24-18)21-13-5-7-16-9-11-17(12-10-16)23(2)3;/h9-12,18H,4-8,13-15H2,1-3H3,(H2,20,21,22);1H. The molecule has 25 heavy (non-hydrogen) atoms. The Morgan fingerprint density at radius 1 is 1.24 bits per heavy atom. The van der Waals surface area contributed by atoms with Crippen LogP contribution >= 0.6 is 24.0 Å². The van der Waals surface area contributed by atoms with Gasteiger partial charge in [0.05, 0.1) is 12.6 Å². The molecule has 1 atom stereocenters. The van der Waals surface area contributed by atoms with Gasteiger partial charge in [0.15, 0.2) is 5.96 Å². The van der Waals surface area contributed by atoms with E-state index in [-0.39, 0.29) is 24.0 Å². The molecule has 1 aliphatic heterocycles. The summed E-state index contributed by atoms with van der Waals surface area (Å²) in [6.07, 6.45) is 4.76. The first kappa shape index (κ1) is 22.0. The van der Waals surface area contributed by atoms with Crippen LogP contribution in [0.15, 0.2) is 29.3 Å². The largest absolute Gasteiger partial charge is 0.378 e. The van der Waals surface area contributed by atoms with E-state index in [9.17, 15) is 0 Å². The van der Waals surface area contributed by atoms with Crippen molar-refractivity contribution >= 4 is 35.6 Å². The van der Waals surface area contributed by atoms with E-state index >= 15 is 0 Å². The number of nitrogens with zero attached hydrogens (tertiary/aromatic N) is 2. The lowest BCUT2D eigenvalue weighted by Gasteiger charge is -2.14. The molecule has 1 saturated heterocycles. The predicted molar refractivity (Wildman–Crippen MR) is 117 cm³/mol. The minimum absolute atomic E-state index is 0. The molecule has 6 heteroatoms. The molecule has 1 unspecified atom stereocenters. The Kier molecular flexibility index (Phi) is 10.9. The average Bonchev–Trinajstić information content (AvgIpc) is 3.10. The van der Waals surface area contributed by atoms with Gasteiger partial charge in [-0.3, -0.25) is 4.99 Å². The number of rotatable bonds is 8. The Balaban J connectivity index is 0.00000312. The van der Waals surface area contributed by atoms with Crippen molar-refractivity contribution in [2.24, 2.45) is 4.99 Å². The summed E-state index contributed by atoms with van der Waals surface area (Å²) in [5.74, 6) is 0.899. The van der Waals surface area contributed by atoms with Crippen molar-refractivity contribution in [2.75, 3.05) is 45.2 Å². The topological polar surface area (TPSA) is 48.9 Å². The second-order valence-electron chi connectivity index (χ2n) is 6.45. The number of ether oxygens (including phenoxy) is 1. The zero-order valence-corrected chi connectivity index (χ0v) is 18.1. The SMILES string of the molecule is CCNC(=NCC1CCCO1)NCCCc1ccc(N(C)C)cc1.I. The van der Waals surface area contributed by atoms with Crippen LogP contribution in [0.25, 0.3) is 0 Å². The van der Waals surface area contributed by atoms with E-state index < -0.39 is 0 Å². The summed E-state index contributed by atoms with van der Waals surface area (Å²) in [5, 5.41) is 6.72. The number of guanidine groups is 1. The third-order valence-electron chi connectivity index (χ3n) is 4.21. The number of hydrogen-bond acceptors (Lipinski definition) is 3. The minimum Gasteiger partial charge on any atom is -0.378 e. The Morgan fingerprint density at radius 2 is 2.00 bits per heavy atom. The molecule has 0 bridgehead atoms. The highest BCUT2D eigenvalue weighted by molar-refractivity contribution is 14.0. The molecular weight excluding hydrogens is 427 g/mol. The zero-order chi connectivity index (χ0) is 17.2. The van der Waals surface area contributed by atoms with E-state index in [0.717, 1.165) is 57.9 Å². The number of hydrogen-bond donors (Lipinski definition) is 2. The van der Waals surface area contributed by atoms with Crippen molar-refractivity contribution in [1.29, 1.82) is 0 Å². The summed E-state index contributed by atoms with van der Waals surface area (Å²) >= 11 is 0. The Bertz CT molecular complexity index is 499. The second-order valence-corrected chi connectivity index (χ2v) is 6.45. The molecule has 1 aliphatic rings. The van der Waals surface area contributed by atoms with Crippen LogP contribution in [0.1, 0.15) is 31.7 Å². The summed E-state index contributed by atoms with van der Waals surface area (Å²) < 4.78 is 5.63. The molecular formula is C19H33IN4O. The highest BCUT2D eigenvalue weighted by Gasteiger charge is 2.14. The molecule has 142 valence electrons. The van der Waals surface area contributed by atoms with Crippen LogP contribution in [0.4, 0.5) is 5.69 Å². The fraction of sp³-hybridized carbons (Fsp3) is 0.632. The zero-order valence-electron chi connectivity index (χ0n) is 15.8. The lowest BCUT2D eigenvalue weighted by molar-refractivity contribution is 0.117. The van der Waals surface area contributed by atoms with Crippen LogP contribution in [-0.2, 0) is 11.2 Å². The van der Waals surface area contributed by atoms with Gasteiger partial charge in [-0.25, -0.2) is 0 Å². The summed E-state index contributed by atoms with van der Waals surface area (Å²) in [6.45, 7) is 5.53. The number of anilines is 1. The van der Waals surface area contributed by atoms with Crippen molar-refractivity contribution in [3.8, 4) is 0 Å². The summed E-state index contributed by atoms with van der Waals surface area (Å²) in [7, 11) is 4.13. The molecule has 0 spiro atoms. The monoisotopic (exact) mass is 460 g/mol. The van der Waals surface area contributed by atoms with E-state index in [2.05, 4.69) is 65.8 Å². The van der Waals surface area contributed by atoms with Gasteiger partial charge >= 0.3 is 0 Å². The molecule has 1 fully saturated rings. The third-order valence-corrected chi connectivity index (χ3v) is 4.21. The Hall–Kier alpha value is -1.02. The van der Waals surface area contributed by atoms with Crippen LogP contribution < -0.4 is 15.5 Å². The lowest BCUT2D eigenvalue weighted by Crippen LogP contribution is -2.38. The van der Waals surface area contributed by atoms with Crippen LogP contribution in [0.2, 0.25) is 0 Å². The molecule has 1 heterocycles.